The Hall–Kier alpha value is -2.10. The first-order chi connectivity index (χ1) is 13.6. The topological polar surface area (TPSA) is 55.8 Å². The van der Waals surface area contributed by atoms with Gasteiger partial charge in [0.2, 0.25) is 5.91 Å². The molecule has 1 aromatic carbocycles. The number of nitrogens with zero attached hydrogens (tertiary/aromatic N) is 1. The van der Waals surface area contributed by atoms with E-state index in [1.807, 2.05) is 13.0 Å². The SMILES string of the molecule is CCCCC(=O)N(C#CCO[Si](C)(C)C(C)(C)C)CCOC(=O)c1ccccc1. The molecule has 0 radical (unpaired) electrons. The van der Waals surface area contributed by atoms with E-state index in [1.165, 1.54) is 4.90 Å². The van der Waals surface area contributed by atoms with Gasteiger partial charge in [-0.3, -0.25) is 9.69 Å². The number of esters is 1. The van der Waals surface area contributed by atoms with Crippen LogP contribution in [0.2, 0.25) is 18.1 Å². The van der Waals surface area contributed by atoms with Crippen molar-refractivity contribution in [2.45, 2.75) is 65.1 Å². The molecule has 160 valence electrons. The Kier molecular flexibility index (Phi) is 10.1. The molecule has 5 nitrogen and oxygen atoms in total. The minimum absolute atomic E-state index is 0.0533. The molecule has 0 aliphatic carbocycles. The molecule has 0 aliphatic heterocycles. The summed E-state index contributed by atoms with van der Waals surface area (Å²) in [6.07, 6.45) is 2.17. The standard InChI is InChI=1S/C23H35NO4Si/c1-7-8-15-21(25)24(16-12-18-28-29(5,6)23(2,3)4)17-19-27-22(26)20-13-10-9-11-14-20/h9-11,13-14H,7-8,15,17-19H2,1-6H3. The van der Waals surface area contributed by atoms with Gasteiger partial charge in [0.15, 0.2) is 8.32 Å². The molecule has 6 heteroatoms. The van der Waals surface area contributed by atoms with E-state index in [2.05, 4.69) is 45.8 Å². The number of rotatable bonds is 9. The second kappa shape index (κ2) is 11.8. The maximum absolute atomic E-state index is 12.4. The smallest absolute Gasteiger partial charge is 0.338 e. The number of amides is 1. The van der Waals surface area contributed by atoms with E-state index in [9.17, 15) is 9.59 Å². The van der Waals surface area contributed by atoms with Crippen molar-refractivity contribution >= 4 is 20.2 Å². The van der Waals surface area contributed by atoms with Crippen molar-refractivity contribution < 1.29 is 18.8 Å². The van der Waals surface area contributed by atoms with Crippen LogP contribution in [0.15, 0.2) is 30.3 Å². The van der Waals surface area contributed by atoms with Crippen molar-refractivity contribution in [2.24, 2.45) is 0 Å². The lowest BCUT2D eigenvalue weighted by molar-refractivity contribution is -0.128. The molecule has 0 N–H and O–H groups in total. The number of ether oxygens (including phenoxy) is 1. The zero-order valence-electron chi connectivity index (χ0n) is 18.7. The van der Waals surface area contributed by atoms with E-state index in [0.717, 1.165) is 12.8 Å². The molecular weight excluding hydrogens is 382 g/mol. The molecule has 0 heterocycles. The molecule has 29 heavy (non-hydrogen) atoms. The number of carbonyl (C=O) groups is 2. The van der Waals surface area contributed by atoms with E-state index in [-0.39, 0.29) is 30.7 Å². The van der Waals surface area contributed by atoms with E-state index in [1.54, 1.807) is 24.3 Å². The summed E-state index contributed by atoms with van der Waals surface area (Å²) >= 11 is 0. The Morgan fingerprint density at radius 2 is 1.79 bits per heavy atom. The Balaban J connectivity index is 2.65. The van der Waals surface area contributed by atoms with Crippen LogP contribution in [0.25, 0.3) is 0 Å². The summed E-state index contributed by atoms with van der Waals surface area (Å²) in [5, 5.41) is 0.108. The first-order valence-corrected chi connectivity index (χ1v) is 13.1. The third kappa shape index (κ3) is 8.84. The summed E-state index contributed by atoms with van der Waals surface area (Å²) in [6, 6.07) is 11.7. The second-order valence-corrected chi connectivity index (χ2v) is 13.3. The highest BCUT2D eigenvalue weighted by atomic mass is 28.4. The average molecular weight is 418 g/mol. The summed E-state index contributed by atoms with van der Waals surface area (Å²) in [4.78, 5) is 26.0. The average Bonchev–Trinajstić information content (AvgIpc) is 2.67. The Morgan fingerprint density at radius 1 is 1.14 bits per heavy atom. The first-order valence-electron chi connectivity index (χ1n) is 10.2. The molecule has 0 atom stereocenters. The Labute approximate surface area is 176 Å². The van der Waals surface area contributed by atoms with Gasteiger partial charge < -0.3 is 9.16 Å². The molecule has 0 unspecified atom stereocenters. The molecule has 0 saturated heterocycles. The highest BCUT2D eigenvalue weighted by molar-refractivity contribution is 6.74. The second-order valence-electron chi connectivity index (χ2n) is 8.49. The van der Waals surface area contributed by atoms with Crippen molar-refractivity contribution in [3.63, 3.8) is 0 Å². The van der Waals surface area contributed by atoms with Gasteiger partial charge in [-0.1, -0.05) is 58.2 Å². The van der Waals surface area contributed by atoms with Crippen LogP contribution in [0.3, 0.4) is 0 Å². The van der Waals surface area contributed by atoms with Crippen molar-refractivity contribution in [3.8, 4) is 12.0 Å². The van der Waals surface area contributed by atoms with Crippen LogP contribution in [0.1, 0.15) is 57.3 Å². The maximum atomic E-state index is 12.4. The van der Waals surface area contributed by atoms with Gasteiger partial charge in [-0.2, -0.15) is 0 Å². The third-order valence-electron chi connectivity index (χ3n) is 5.13. The van der Waals surface area contributed by atoms with E-state index in [4.69, 9.17) is 9.16 Å². The van der Waals surface area contributed by atoms with Gasteiger partial charge in [0.1, 0.15) is 6.61 Å². The molecule has 0 fully saturated rings. The van der Waals surface area contributed by atoms with Crippen molar-refractivity contribution in [2.75, 3.05) is 19.8 Å². The quantitative estimate of drug-likeness (QED) is 0.250. The molecule has 0 spiro atoms. The van der Waals surface area contributed by atoms with Crippen LogP contribution in [0.4, 0.5) is 0 Å². The number of unbranched alkanes of at least 4 members (excludes halogenated alkanes) is 1. The number of hydrogen-bond donors (Lipinski definition) is 0. The van der Waals surface area contributed by atoms with Crippen LogP contribution in [-0.4, -0.2) is 44.9 Å². The van der Waals surface area contributed by atoms with Crippen LogP contribution in [0.5, 0.6) is 0 Å². The number of hydrogen-bond acceptors (Lipinski definition) is 4. The van der Waals surface area contributed by atoms with Gasteiger partial charge in [-0.15, -0.1) is 0 Å². The van der Waals surface area contributed by atoms with Gasteiger partial charge in [-0.25, -0.2) is 4.79 Å². The highest BCUT2D eigenvalue weighted by Crippen LogP contribution is 2.36. The van der Waals surface area contributed by atoms with Gasteiger partial charge in [-0.05, 0) is 36.7 Å². The van der Waals surface area contributed by atoms with E-state index < -0.39 is 14.3 Å². The lowest BCUT2D eigenvalue weighted by Crippen LogP contribution is -2.40. The fourth-order valence-electron chi connectivity index (χ4n) is 2.15. The van der Waals surface area contributed by atoms with Crippen molar-refractivity contribution in [1.82, 2.24) is 4.90 Å². The molecule has 0 aromatic heterocycles. The first kappa shape index (κ1) is 24.9. The predicted molar refractivity (Wildman–Crippen MR) is 119 cm³/mol. The van der Waals surface area contributed by atoms with Gasteiger partial charge >= 0.3 is 5.97 Å². The predicted octanol–water partition coefficient (Wildman–Crippen LogP) is 4.84. The van der Waals surface area contributed by atoms with Crippen molar-refractivity contribution in [3.05, 3.63) is 35.9 Å². The Bertz CT molecular complexity index is 714. The highest BCUT2D eigenvalue weighted by Gasteiger charge is 2.36. The van der Waals surface area contributed by atoms with Gasteiger partial charge in [0.05, 0.1) is 18.7 Å². The largest absolute Gasteiger partial charge is 0.460 e. The maximum Gasteiger partial charge on any atom is 0.338 e. The number of benzene rings is 1. The zero-order valence-corrected chi connectivity index (χ0v) is 19.7. The summed E-state index contributed by atoms with van der Waals surface area (Å²) in [6.45, 7) is 13.5. The number of carbonyl (C=O) groups excluding carboxylic acids is 2. The molecule has 1 amide bonds. The summed E-state index contributed by atoms with van der Waals surface area (Å²) in [5.41, 5.74) is 0.491. The zero-order chi connectivity index (χ0) is 21.9. The monoisotopic (exact) mass is 417 g/mol. The summed E-state index contributed by atoms with van der Waals surface area (Å²) in [5.74, 6) is 2.51. The molecule has 0 aliphatic rings. The Morgan fingerprint density at radius 3 is 2.38 bits per heavy atom. The van der Waals surface area contributed by atoms with Crippen LogP contribution in [-0.2, 0) is 14.0 Å². The van der Waals surface area contributed by atoms with Crippen LogP contribution in [0, 0.1) is 12.0 Å². The molecule has 1 rings (SSSR count). The molecule has 0 bridgehead atoms. The van der Waals surface area contributed by atoms with Crippen molar-refractivity contribution in [1.29, 1.82) is 0 Å². The minimum atomic E-state index is -1.88. The summed E-state index contributed by atoms with van der Waals surface area (Å²) in [7, 11) is -1.88. The van der Waals surface area contributed by atoms with Crippen LogP contribution < -0.4 is 0 Å². The molecular formula is C23H35NO4Si. The third-order valence-corrected chi connectivity index (χ3v) is 9.61. The fraction of sp³-hybridized carbons (Fsp3) is 0.565. The van der Waals surface area contributed by atoms with Gasteiger partial charge in [0.25, 0.3) is 0 Å². The van der Waals surface area contributed by atoms with Crippen LogP contribution >= 0.6 is 0 Å². The minimum Gasteiger partial charge on any atom is -0.460 e. The summed E-state index contributed by atoms with van der Waals surface area (Å²) < 4.78 is 11.3. The van der Waals surface area contributed by atoms with E-state index in [0.29, 0.717) is 12.0 Å². The fourth-order valence-corrected chi connectivity index (χ4v) is 3.02. The van der Waals surface area contributed by atoms with Gasteiger partial charge in [0, 0.05) is 12.5 Å². The molecule has 0 saturated carbocycles. The molecule has 1 aromatic rings. The lowest BCUT2D eigenvalue weighted by atomic mass is 10.2. The lowest BCUT2D eigenvalue weighted by Gasteiger charge is -2.35. The normalized spacial score (nSPS) is 11.4. The van der Waals surface area contributed by atoms with E-state index >= 15 is 0 Å².